The van der Waals surface area contributed by atoms with Gasteiger partial charge in [-0.2, -0.15) is 0 Å². The summed E-state index contributed by atoms with van der Waals surface area (Å²) in [4.78, 5) is 29.8. The Hall–Kier alpha value is -2.19. The third kappa shape index (κ3) is 5.99. The number of nitro groups is 1. The normalized spacial score (nSPS) is 16.4. The smallest absolute Gasteiger partial charge is 0.330 e. The highest BCUT2D eigenvalue weighted by atomic mass is 16.7. The van der Waals surface area contributed by atoms with Crippen LogP contribution in [0.25, 0.3) is 0 Å². The molecule has 0 atom stereocenters. The van der Waals surface area contributed by atoms with Crippen molar-refractivity contribution in [1.29, 1.82) is 0 Å². The summed E-state index contributed by atoms with van der Waals surface area (Å²) in [5.41, 5.74) is -0.490. The average Bonchev–Trinajstić information content (AvgIpc) is 2.56. The predicted molar refractivity (Wildman–Crippen MR) is 92.2 cm³/mol. The van der Waals surface area contributed by atoms with Crippen LogP contribution in [-0.2, 0) is 9.63 Å². The Morgan fingerprint density at radius 3 is 2.52 bits per heavy atom. The van der Waals surface area contributed by atoms with E-state index < -0.39 is 10.3 Å². The van der Waals surface area contributed by atoms with Crippen molar-refractivity contribution in [1.82, 2.24) is 9.96 Å². The minimum atomic E-state index is -0.511. The van der Waals surface area contributed by atoms with Crippen molar-refractivity contribution in [2.75, 3.05) is 39.3 Å². The van der Waals surface area contributed by atoms with E-state index in [1.54, 1.807) is 17.2 Å². The molecule has 1 saturated heterocycles. The maximum atomic E-state index is 11.9. The quantitative estimate of drug-likeness (QED) is 0.573. The number of hydrogen-bond donors (Lipinski definition) is 0. The molecule has 0 spiro atoms. The number of rotatable bonds is 6. The zero-order valence-corrected chi connectivity index (χ0v) is 14.9. The zero-order valence-electron chi connectivity index (χ0n) is 14.9. The van der Waals surface area contributed by atoms with E-state index in [-0.39, 0.29) is 11.7 Å². The SMILES string of the molecule is CC(C)(C)C(=O)ON1CCN(CCOc2cccc([N+](=O)[O-])c2)CC1. The minimum Gasteiger partial charge on any atom is -0.492 e. The number of benzene rings is 1. The summed E-state index contributed by atoms with van der Waals surface area (Å²) in [5.74, 6) is 0.266. The molecule has 8 nitrogen and oxygen atoms in total. The molecule has 0 N–H and O–H groups in total. The van der Waals surface area contributed by atoms with E-state index in [0.29, 0.717) is 32.0 Å². The Bertz CT molecular complexity index is 607. The number of hydrogen-bond acceptors (Lipinski definition) is 7. The molecule has 25 heavy (non-hydrogen) atoms. The molecule has 138 valence electrons. The number of piperazine rings is 1. The van der Waals surface area contributed by atoms with Crippen LogP contribution < -0.4 is 4.74 Å². The van der Waals surface area contributed by atoms with Crippen LogP contribution in [0.4, 0.5) is 5.69 Å². The molecule has 0 bridgehead atoms. The van der Waals surface area contributed by atoms with Crippen molar-refractivity contribution in [2.24, 2.45) is 5.41 Å². The Kier molecular flexibility index (Phi) is 6.33. The first-order valence-electron chi connectivity index (χ1n) is 8.32. The van der Waals surface area contributed by atoms with Crippen molar-refractivity contribution in [3.8, 4) is 5.75 Å². The highest BCUT2D eigenvalue weighted by Crippen LogP contribution is 2.19. The lowest BCUT2D eigenvalue weighted by atomic mass is 9.98. The van der Waals surface area contributed by atoms with Gasteiger partial charge in [0, 0.05) is 38.8 Å². The van der Waals surface area contributed by atoms with Gasteiger partial charge in [0.05, 0.1) is 16.4 Å². The fraction of sp³-hybridized carbons (Fsp3) is 0.588. The Labute approximate surface area is 147 Å². The van der Waals surface area contributed by atoms with Gasteiger partial charge in [-0.25, -0.2) is 4.79 Å². The number of non-ortho nitro benzene ring substituents is 1. The third-order valence-electron chi connectivity index (χ3n) is 3.86. The predicted octanol–water partition coefficient (Wildman–Crippen LogP) is 2.10. The topological polar surface area (TPSA) is 85.2 Å². The molecular formula is C17H25N3O5. The van der Waals surface area contributed by atoms with Crippen molar-refractivity contribution in [3.05, 3.63) is 34.4 Å². The molecule has 0 aliphatic carbocycles. The fourth-order valence-corrected chi connectivity index (χ4v) is 2.28. The van der Waals surface area contributed by atoms with Gasteiger partial charge in [-0.15, -0.1) is 5.06 Å². The minimum absolute atomic E-state index is 0.0202. The van der Waals surface area contributed by atoms with Crippen LogP contribution in [-0.4, -0.2) is 60.2 Å². The molecule has 0 aromatic heterocycles. The molecule has 1 aromatic carbocycles. The van der Waals surface area contributed by atoms with Gasteiger partial charge in [0.25, 0.3) is 5.69 Å². The summed E-state index contributed by atoms with van der Waals surface area (Å²) in [6.07, 6.45) is 0. The van der Waals surface area contributed by atoms with Gasteiger partial charge < -0.3 is 9.57 Å². The number of hydroxylamine groups is 2. The lowest BCUT2D eigenvalue weighted by Crippen LogP contribution is -2.48. The summed E-state index contributed by atoms with van der Waals surface area (Å²) in [5, 5.41) is 12.4. The second kappa shape index (κ2) is 8.26. The molecule has 2 rings (SSSR count). The van der Waals surface area contributed by atoms with Gasteiger partial charge in [0.1, 0.15) is 12.4 Å². The highest BCUT2D eigenvalue weighted by molar-refractivity contribution is 5.75. The van der Waals surface area contributed by atoms with Crippen LogP contribution in [0.1, 0.15) is 20.8 Å². The molecule has 0 radical (unpaired) electrons. The maximum absolute atomic E-state index is 11.9. The largest absolute Gasteiger partial charge is 0.492 e. The van der Waals surface area contributed by atoms with E-state index in [4.69, 9.17) is 9.57 Å². The number of ether oxygens (including phenoxy) is 1. The maximum Gasteiger partial charge on any atom is 0.330 e. The first-order valence-corrected chi connectivity index (χ1v) is 8.32. The van der Waals surface area contributed by atoms with Gasteiger partial charge >= 0.3 is 5.97 Å². The average molecular weight is 351 g/mol. The number of nitro benzene ring substituents is 1. The first-order chi connectivity index (χ1) is 11.8. The highest BCUT2D eigenvalue weighted by Gasteiger charge is 2.27. The van der Waals surface area contributed by atoms with E-state index >= 15 is 0 Å². The number of carbonyl (C=O) groups excluding carboxylic acids is 1. The number of nitrogens with zero attached hydrogens (tertiary/aromatic N) is 3. The van der Waals surface area contributed by atoms with Crippen LogP contribution in [0.2, 0.25) is 0 Å². The van der Waals surface area contributed by atoms with E-state index in [1.165, 1.54) is 12.1 Å². The first kappa shape index (κ1) is 19.1. The van der Waals surface area contributed by atoms with Gasteiger partial charge in [0.15, 0.2) is 0 Å². The Morgan fingerprint density at radius 2 is 1.92 bits per heavy atom. The molecular weight excluding hydrogens is 326 g/mol. The molecule has 1 heterocycles. The molecule has 0 saturated carbocycles. The molecule has 0 amide bonds. The van der Waals surface area contributed by atoms with E-state index in [0.717, 1.165) is 13.1 Å². The van der Waals surface area contributed by atoms with Crippen molar-refractivity contribution in [2.45, 2.75) is 20.8 Å². The molecule has 0 unspecified atom stereocenters. The Morgan fingerprint density at radius 1 is 1.24 bits per heavy atom. The van der Waals surface area contributed by atoms with Crippen molar-refractivity contribution in [3.63, 3.8) is 0 Å². The zero-order chi connectivity index (χ0) is 18.4. The van der Waals surface area contributed by atoms with Gasteiger partial charge in [0.2, 0.25) is 0 Å². The molecule has 1 aliphatic heterocycles. The monoisotopic (exact) mass is 351 g/mol. The van der Waals surface area contributed by atoms with Gasteiger partial charge in [-0.1, -0.05) is 6.07 Å². The standard InChI is InChI=1S/C17H25N3O5/c1-17(2,3)16(21)25-19-9-7-18(8-10-19)11-12-24-15-6-4-5-14(13-15)20(22)23/h4-6,13H,7-12H2,1-3H3. The molecule has 1 aromatic rings. The number of carbonyl (C=O) groups is 1. The molecule has 1 aliphatic rings. The van der Waals surface area contributed by atoms with Crippen molar-refractivity contribution >= 4 is 11.7 Å². The lowest BCUT2D eigenvalue weighted by Gasteiger charge is -2.34. The summed E-state index contributed by atoms with van der Waals surface area (Å²) in [7, 11) is 0. The van der Waals surface area contributed by atoms with Gasteiger partial charge in [-0.3, -0.25) is 15.0 Å². The summed E-state index contributed by atoms with van der Waals surface area (Å²) in [6.45, 7) is 9.50. The summed E-state index contributed by atoms with van der Waals surface area (Å²) >= 11 is 0. The second-order valence-corrected chi connectivity index (χ2v) is 7.00. The second-order valence-electron chi connectivity index (χ2n) is 7.00. The van der Waals surface area contributed by atoms with Crippen LogP contribution in [0.15, 0.2) is 24.3 Å². The van der Waals surface area contributed by atoms with E-state index in [2.05, 4.69) is 4.90 Å². The van der Waals surface area contributed by atoms with Crippen molar-refractivity contribution < 1.29 is 19.3 Å². The molecule has 1 fully saturated rings. The van der Waals surface area contributed by atoms with Crippen LogP contribution in [0, 0.1) is 15.5 Å². The summed E-state index contributed by atoms with van der Waals surface area (Å²) < 4.78 is 5.59. The third-order valence-corrected chi connectivity index (χ3v) is 3.86. The van der Waals surface area contributed by atoms with Gasteiger partial charge in [-0.05, 0) is 26.8 Å². The van der Waals surface area contributed by atoms with Crippen LogP contribution in [0.3, 0.4) is 0 Å². The van der Waals surface area contributed by atoms with E-state index in [1.807, 2.05) is 20.8 Å². The van der Waals surface area contributed by atoms with Crippen LogP contribution in [0.5, 0.6) is 5.75 Å². The lowest BCUT2D eigenvalue weighted by molar-refractivity contribution is -0.384. The fourth-order valence-electron chi connectivity index (χ4n) is 2.28. The van der Waals surface area contributed by atoms with Crippen LogP contribution >= 0.6 is 0 Å². The molecule has 8 heteroatoms. The Balaban J connectivity index is 1.70. The van der Waals surface area contributed by atoms with E-state index in [9.17, 15) is 14.9 Å². The summed E-state index contributed by atoms with van der Waals surface area (Å²) in [6, 6.07) is 6.17.